The summed E-state index contributed by atoms with van der Waals surface area (Å²) in [6.07, 6.45) is 2.63. The Labute approximate surface area is 176 Å². The van der Waals surface area contributed by atoms with E-state index in [2.05, 4.69) is 35.2 Å². The Hall–Kier alpha value is -2.63. The lowest BCUT2D eigenvalue weighted by molar-refractivity contribution is 0.0358. The molecule has 3 aromatic rings. The number of rotatable bonds is 4. The summed E-state index contributed by atoms with van der Waals surface area (Å²) in [6, 6.07) is 18.3. The molecule has 0 radical (unpaired) electrons. The molecule has 2 aromatic carbocycles. The molecule has 0 bridgehead atoms. The normalized spacial score (nSPS) is 22.6. The van der Waals surface area contributed by atoms with Crippen LogP contribution in [0.4, 0.5) is 0 Å². The number of carbonyl (C=O) groups is 1. The Kier molecular flexibility index (Phi) is 5.32. The van der Waals surface area contributed by atoms with E-state index in [1.54, 1.807) is 11.0 Å². The van der Waals surface area contributed by atoms with Crippen molar-refractivity contribution in [2.24, 2.45) is 0 Å². The van der Waals surface area contributed by atoms with Crippen LogP contribution < -0.4 is 0 Å². The van der Waals surface area contributed by atoms with Gasteiger partial charge in [0.2, 0.25) is 0 Å². The third-order valence-corrected chi connectivity index (χ3v) is 6.52. The molecule has 2 fully saturated rings. The molecule has 3 heterocycles. The van der Waals surface area contributed by atoms with E-state index in [1.165, 1.54) is 23.6 Å². The highest BCUT2D eigenvalue weighted by molar-refractivity contribution is 5.91. The lowest BCUT2D eigenvalue weighted by atomic mass is 9.86. The van der Waals surface area contributed by atoms with Crippen molar-refractivity contribution in [3.8, 4) is 0 Å². The van der Waals surface area contributed by atoms with Crippen molar-refractivity contribution in [1.82, 2.24) is 9.80 Å². The van der Waals surface area contributed by atoms with Gasteiger partial charge >= 0.3 is 0 Å². The number of benzene rings is 2. The summed E-state index contributed by atoms with van der Waals surface area (Å²) in [5.41, 5.74) is 1.14. The fourth-order valence-electron chi connectivity index (χ4n) is 4.84. The second-order valence-electron chi connectivity index (χ2n) is 8.57. The second-order valence-corrected chi connectivity index (χ2v) is 8.57. The smallest absolute Gasteiger partial charge is 0.289 e. The highest BCUT2D eigenvalue weighted by Crippen LogP contribution is 2.31. The average molecular weight is 405 g/mol. The van der Waals surface area contributed by atoms with Crippen LogP contribution in [0.5, 0.6) is 0 Å². The van der Waals surface area contributed by atoms with Gasteiger partial charge in [-0.05, 0) is 60.8 Å². The van der Waals surface area contributed by atoms with Crippen LogP contribution in [0.1, 0.15) is 47.1 Å². The van der Waals surface area contributed by atoms with Crippen LogP contribution in [-0.4, -0.2) is 53.1 Å². The molecule has 156 valence electrons. The van der Waals surface area contributed by atoms with Crippen molar-refractivity contribution in [2.45, 2.75) is 37.8 Å². The van der Waals surface area contributed by atoms with Gasteiger partial charge in [-0.15, -0.1) is 0 Å². The minimum Gasteiger partial charge on any atom is -0.455 e. The first-order valence-electron chi connectivity index (χ1n) is 10.9. The summed E-state index contributed by atoms with van der Waals surface area (Å²) < 4.78 is 5.84. The van der Waals surface area contributed by atoms with Gasteiger partial charge in [0.05, 0.1) is 12.6 Å². The molecule has 0 spiro atoms. The van der Waals surface area contributed by atoms with Gasteiger partial charge in [-0.1, -0.05) is 42.5 Å². The lowest BCUT2D eigenvalue weighted by Crippen LogP contribution is -2.45. The molecule has 0 aliphatic carbocycles. The maximum absolute atomic E-state index is 12.9. The quantitative estimate of drug-likeness (QED) is 0.714. The molecule has 2 aliphatic rings. The fraction of sp³-hybridized carbons (Fsp3) is 0.400. The van der Waals surface area contributed by atoms with Gasteiger partial charge in [-0.2, -0.15) is 0 Å². The van der Waals surface area contributed by atoms with Crippen molar-refractivity contribution in [1.29, 1.82) is 0 Å². The van der Waals surface area contributed by atoms with Crippen molar-refractivity contribution in [3.05, 3.63) is 71.7 Å². The molecule has 2 atom stereocenters. The number of furan rings is 1. The molecule has 5 rings (SSSR count). The molecule has 5 nitrogen and oxygen atoms in total. The Morgan fingerprint density at radius 1 is 1.00 bits per heavy atom. The third-order valence-electron chi connectivity index (χ3n) is 6.52. The lowest BCUT2D eigenvalue weighted by Gasteiger charge is -2.36. The topological polar surface area (TPSA) is 56.9 Å². The Balaban J connectivity index is 1.24. The molecule has 0 saturated carbocycles. The van der Waals surface area contributed by atoms with E-state index in [1.807, 2.05) is 18.2 Å². The van der Waals surface area contributed by atoms with Crippen molar-refractivity contribution in [2.75, 3.05) is 26.2 Å². The summed E-state index contributed by atoms with van der Waals surface area (Å²) in [5, 5.41) is 13.2. The predicted octanol–water partition coefficient (Wildman–Crippen LogP) is 4.02. The average Bonchev–Trinajstić information content (AvgIpc) is 3.45. The van der Waals surface area contributed by atoms with Gasteiger partial charge in [-0.3, -0.25) is 9.69 Å². The summed E-state index contributed by atoms with van der Waals surface area (Å²) in [7, 11) is 0. The highest BCUT2D eigenvalue weighted by atomic mass is 16.4. The molecule has 0 unspecified atom stereocenters. The van der Waals surface area contributed by atoms with Crippen LogP contribution in [0.15, 0.2) is 59.0 Å². The number of carbonyl (C=O) groups excluding carboxylic acids is 1. The van der Waals surface area contributed by atoms with E-state index in [4.69, 9.17) is 4.42 Å². The number of β-amino-alcohol motifs (C(OH)–C–C–N with tert-alkyl or cyclic N) is 1. The molecule has 5 heteroatoms. The summed E-state index contributed by atoms with van der Waals surface area (Å²) in [4.78, 5) is 17.0. The molecule has 1 aromatic heterocycles. The number of aliphatic hydroxyl groups excluding tert-OH is 1. The van der Waals surface area contributed by atoms with E-state index in [9.17, 15) is 9.90 Å². The van der Waals surface area contributed by atoms with E-state index in [-0.39, 0.29) is 11.8 Å². The van der Waals surface area contributed by atoms with Gasteiger partial charge in [0.1, 0.15) is 5.76 Å². The van der Waals surface area contributed by atoms with Crippen LogP contribution in [0.2, 0.25) is 0 Å². The Bertz CT molecular complexity index is 1040. The fourth-order valence-corrected chi connectivity index (χ4v) is 4.84. The van der Waals surface area contributed by atoms with Gasteiger partial charge in [-0.25, -0.2) is 0 Å². The first-order chi connectivity index (χ1) is 14.7. The zero-order valence-electron chi connectivity index (χ0n) is 17.2. The standard InChI is InChI=1S/C25H28N2O3/c28-23-17-27(25(29)24-10-9-21(30-24)16-26-12-3-4-13-26)14-11-22(23)20-8-7-18-5-1-2-6-19(18)15-20/h1-2,5-10,15,22-23,28H,3-4,11-14,16-17H2/t22-,23+/m0/s1. The van der Waals surface area contributed by atoms with E-state index in [0.29, 0.717) is 18.8 Å². The van der Waals surface area contributed by atoms with E-state index >= 15 is 0 Å². The number of piperidine rings is 1. The molecular weight excluding hydrogens is 376 g/mol. The third kappa shape index (κ3) is 3.87. The van der Waals surface area contributed by atoms with Crippen LogP contribution in [0.3, 0.4) is 0 Å². The molecular formula is C25H28N2O3. The highest BCUT2D eigenvalue weighted by Gasteiger charge is 2.32. The first-order valence-corrected chi connectivity index (χ1v) is 10.9. The summed E-state index contributed by atoms with van der Waals surface area (Å²) >= 11 is 0. The monoisotopic (exact) mass is 404 g/mol. The summed E-state index contributed by atoms with van der Waals surface area (Å²) in [6.45, 7) is 3.91. The van der Waals surface area contributed by atoms with Gasteiger partial charge < -0.3 is 14.4 Å². The number of fused-ring (bicyclic) bond motifs is 1. The minimum absolute atomic E-state index is 0.0426. The van der Waals surface area contributed by atoms with Gasteiger partial charge in [0.15, 0.2) is 5.76 Å². The molecule has 2 aliphatic heterocycles. The zero-order chi connectivity index (χ0) is 20.5. The summed E-state index contributed by atoms with van der Waals surface area (Å²) in [5.74, 6) is 1.13. The number of aliphatic hydroxyl groups is 1. The van der Waals surface area contributed by atoms with E-state index in [0.717, 1.165) is 37.4 Å². The Morgan fingerprint density at radius 3 is 2.60 bits per heavy atom. The number of hydrogen-bond acceptors (Lipinski definition) is 4. The minimum atomic E-state index is -0.581. The zero-order valence-corrected chi connectivity index (χ0v) is 17.2. The number of hydrogen-bond donors (Lipinski definition) is 1. The first kappa shape index (κ1) is 19.3. The molecule has 2 saturated heterocycles. The largest absolute Gasteiger partial charge is 0.455 e. The SMILES string of the molecule is O=C(c1ccc(CN2CCCC2)o1)N1CC[C@@H](c2ccc3ccccc3c2)[C@H](O)C1. The van der Waals surface area contributed by atoms with Crippen LogP contribution in [0, 0.1) is 0 Å². The Morgan fingerprint density at radius 2 is 1.80 bits per heavy atom. The van der Waals surface area contributed by atoms with Crippen molar-refractivity contribution in [3.63, 3.8) is 0 Å². The van der Waals surface area contributed by atoms with Crippen LogP contribution >= 0.6 is 0 Å². The van der Waals surface area contributed by atoms with Crippen molar-refractivity contribution < 1.29 is 14.3 Å². The second kappa shape index (κ2) is 8.25. The van der Waals surface area contributed by atoms with Crippen LogP contribution in [0.25, 0.3) is 10.8 Å². The predicted molar refractivity (Wildman–Crippen MR) is 116 cm³/mol. The van der Waals surface area contributed by atoms with Crippen LogP contribution in [-0.2, 0) is 6.54 Å². The molecule has 1 N–H and O–H groups in total. The molecule has 1 amide bonds. The number of nitrogens with zero attached hydrogens (tertiary/aromatic N) is 2. The maximum Gasteiger partial charge on any atom is 0.289 e. The number of likely N-dealkylation sites (tertiary alicyclic amines) is 2. The van der Waals surface area contributed by atoms with Gasteiger partial charge in [0.25, 0.3) is 5.91 Å². The van der Waals surface area contributed by atoms with Crippen molar-refractivity contribution >= 4 is 16.7 Å². The van der Waals surface area contributed by atoms with Gasteiger partial charge in [0, 0.05) is 19.0 Å². The maximum atomic E-state index is 12.9. The van der Waals surface area contributed by atoms with E-state index < -0.39 is 6.10 Å². The molecule has 30 heavy (non-hydrogen) atoms. The number of amides is 1.